The highest BCUT2D eigenvalue weighted by Crippen LogP contribution is 2.29. The molecule has 0 spiro atoms. The number of nitrogens with zero attached hydrogens (tertiary/aromatic N) is 1. The molecule has 1 heterocycles. The van der Waals surface area contributed by atoms with Gasteiger partial charge in [-0.05, 0) is 38.5 Å². The molecule has 132 valence electrons. The van der Waals surface area contributed by atoms with Crippen molar-refractivity contribution in [3.8, 4) is 0 Å². The summed E-state index contributed by atoms with van der Waals surface area (Å²) in [5.41, 5.74) is 0. The fourth-order valence-electron chi connectivity index (χ4n) is 4.22. The minimum Gasteiger partial charge on any atom is -0.378 e. The van der Waals surface area contributed by atoms with E-state index in [2.05, 4.69) is 10.2 Å². The summed E-state index contributed by atoms with van der Waals surface area (Å²) in [4.78, 5) is 14.4. The first-order valence-electron chi connectivity index (χ1n) is 9.57. The average molecular weight is 324 g/mol. The molecule has 2 saturated carbocycles. The van der Waals surface area contributed by atoms with Crippen molar-refractivity contribution in [2.24, 2.45) is 0 Å². The van der Waals surface area contributed by atoms with E-state index in [0.717, 1.165) is 39.1 Å². The Morgan fingerprint density at radius 1 is 1.13 bits per heavy atom. The topological polar surface area (TPSA) is 50.8 Å². The third-order valence-electron chi connectivity index (χ3n) is 5.49. The molecule has 2 aliphatic carbocycles. The van der Waals surface area contributed by atoms with Crippen LogP contribution >= 0.6 is 0 Å². The highest BCUT2D eigenvalue weighted by atomic mass is 16.5. The second-order valence-electron chi connectivity index (χ2n) is 7.21. The predicted molar refractivity (Wildman–Crippen MR) is 89.4 cm³/mol. The maximum atomic E-state index is 12.1. The lowest BCUT2D eigenvalue weighted by molar-refractivity contribution is -0.126. The smallest absolute Gasteiger partial charge is 0.234 e. The standard InChI is InChI=1S/C18H32N2O3/c21-18(14-20-11-13-23-17-9-4-8-16(17)20)19-10-5-12-22-15-6-2-1-3-7-15/h15-17H,1-14H2,(H,19,21)/t16-,17-/m0/s1. The number of hydrogen-bond acceptors (Lipinski definition) is 4. The molecule has 0 aromatic rings. The van der Waals surface area contributed by atoms with Crippen molar-refractivity contribution in [2.45, 2.75) is 76.0 Å². The van der Waals surface area contributed by atoms with Crippen LogP contribution in [0.25, 0.3) is 0 Å². The summed E-state index contributed by atoms with van der Waals surface area (Å²) in [6.45, 7) is 3.67. The van der Waals surface area contributed by atoms with Crippen LogP contribution in [0.4, 0.5) is 0 Å². The van der Waals surface area contributed by atoms with Crippen LogP contribution in [-0.2, 0) is 14.3 Å². The molecule has 1 N–H and O–H groups in total. The van der Waals surface area contributed by atoms with Crippen LogP contribution in [0.2, 0.25) is 0 Å². The average Bonchev–Trinajstić information content (AvgIpc) is 3.05. The van der Waals surface area contributed by atoms with Crippen molar-refractivity contribution in [3.05, 3.63) is 0 Å². The van der Waals surface area contributed by atoms with Crippen molar-refractivity contribution in [1.29, 1.82) is 0 Å². The lowest BCUT2D eigenvalue weighted by atomic mass is 9.98. The zero-order valence-corrected chi connectivity index (χ0v) is 14.3. The molecular formula is C18H32N2O3. The second kappa shape index (κ2) is 9.00. The molecule has 0 unspecified atom stereocenters. The summed E-state index contributed by atoms with van der Waals surface area (Å²) in [6.07, 6.45) is 11.7. The van der Waals surface area contributed by atoms with Gasteiger partial charge in [0.15, 0.2) is 0 Å². The van der Waals surface area contributed by atoms with Crippen LogP contribution in [-0.4, -0.2) is 61.9 Å². The quantitative estimate of drug-likeness (QED) is 0.729. The Morgan fingerprint density at radius 3 is 2.87 bits per heavy atom. The summed E-state index contributed by atoms with van der Waals surface area (Å²) in [5, 5.41) is 3.05. The van der Waals surface area contributed by atoms with Gasteiger partial charge >= 0.3 is 0 Å². The molecule has 1 amide bonds. The van der Waals surface area contributed by atoms with Gasteiger partial charge in [-0.15, -0.1) is 0 Å². The van der Waals surface area contributed by atoms with Crippen molar-refractivity contribution < 1.29 is 14.3 Å². The highest BCUT2D eigenvalue weighted by Gasteiger charge is 2.36. The fourth-order valence-corrected chi connectivity index (χ4v) is 4.22. The maximum absolute atomic E-state index is 12.1. The number of fused-ring (bicyclic) bond motifs is 1. The van der Waals surface area contributed by atoms with E-state index in [9.17, 15) is 4.79 Å². The molecular weight excluding hydrogens is 292 g/mol. The summed E-state index contributed by atoms with van der Waals surface area (Å²) < 4.78 is 11.7. The van der Waals surface area contributed by atoms with Crippen LogP contribution in [0, 0.1) is 0 Å². The third-order valence-corrected chi connectivity index (χ3v) is 5.49. The monoisotopic (exact) mass is 324 g/mol. The Balaban J connectivity index is 1.26. The number of carbonyl (C=O) groups excluding carboxylic acids is 1. The summed E-state index contributed by atoms with van der Waals surface area (Å²) in [7, 11) is 0. The number of hydrogen-bond donors (Lipinski definition) is 1. The van der Waals surface area contributed by atoms with Crippen LogP contribution in [0.3, 0.4) is 0 Å². The van der Waals surface area contributed by atoms with Crippen LogP contribution in [0.5, 0.6) is 0 Å². The van der Waals surface area contributed by atoms with Gasteiger partial charge in [0, 0.05) is 25.7 Å². The van der Waals surface area contributed by atoms with E-state index >= 15 is 0 Å². The van der Waals surface area contributed by atoms with Gasteiger partial charge in [0.1, 0.15) is 0 Å². The molecule has 1 aliphatic heterocycles. The minimum atomic E-state index is 0.148. The molecule has 3 rings (SSSR count). The zero-order valence-electron chi connectivity index (χ0n) is 14.3. The van der Waals surface area contributed by atoms with Crippen LogP contribution in [0.1, 0.15) is 57.8 Å². The zero-order chi connectivity index (χ0) is 15.9. The van der Waals surface area contributed by atoms with E-state index in [0.29, 0.717) is 24.8 Å². The molecule has 1 saturated heterocycles. The molecule has 0 aromatic heterocycles. The normalized spacial score (nSPS) is 29.4. The van der Waals surface area contributed by atoms with Crippen molar-refractivity contribution >= 4 is 5.91 Å². The molecule has 5 nitrogen and oxygen atoms in total. The van der Waals surface area contributed by atoms with Crippen molar-refractivity contribution in [2.75, 3.05) is 32.8 Å². The summed E-state index contributed by atoms with van der Waals surface area (Å²) in [5.74, 6) is 0.148. The molecule has 3 fully saturated rings. The lowest BCUT2D eigenvalue weighted by Crippen LogP contribution is -2.51. The number of ether oxygens (including phenoxy) is 2. The molecule has 23 heavy (non-hydrogen) atoms. The van der Waals surface area contributed by atoms with Gasteiger partial charge in [0.05, 0.1) is 25.4 Å². The largest absolute Gasteiger partial charge is 0.378 e. The van der Waals surface area contributed by atoms with Gasteiger partial charge < -0.3 is 14.8 Å². The molecule has 5 heteroatoms. The van der Waals surface area contributed by atoms with Crippen molar-refractivity contribution in [3.63, 3.8) is 0 Å². The third kappa shape index (κ3) is 5.16. The molecule has 3 aliphatic rings. The Bertz CT molecular complexity index is 371. The highest BCUT2D eigenvalue weighted by molar-refractivity contribution is 5.78. The van der Waals surface area contributed by atoms with Gasteiger partial charge in [-0.2, -0.15) is 0 Å². The number of rotatable bonds is 7. The fraction of sp³-hybridized carbons (Fsp3) is 0.944. The van der Waals surface area contributed by atoms with E-state index in [-0.39, 0.29) is 5.91 Å². The Labute approximate surface area is 140 Å². The van der Waals surface area contributed by atoms with Gasteiger partial charge in [0.2, 0.25) is 5.91 Å². The SMILES string of the molecule is O=C(CN1CCO[C@H]2CCC[C@@H]21)NCCCOC1CCCCC1. The van der Waals surface area contributed by atoms with Gasteiger partial charge in [-0.1, -0.05) is 19.3 Å². The van der Waals surface area contributed by atoms with Gasteiger partial charge in [-0.3, -0.25) is 9.69 Å². The first kappa shape index (κ1) is 17.2. The van der Waals surface area contributed by atoms with E-state index in [1.165, 1.54) is 44.9 Å². The van der Waals surface area contributed by atoms with E-state index in [1.807, 2.05) is 0 Å². The number of morpholine rings is 1. The lowest BCUT2D eigenvalue weighted by Gasteiger charge is -2.37. The molecule has 0 aromatic carbocycles. The number of amides is 1. The first-order chi connectivity index (χ1) is 11.3. The van der Waals surface area contributed by atoms with Crippen LogP contribution in [0.15, 0.2) is 0 Å². The van der Waals surface area contributed by atoms with Gasteiger partial charge in [0.25, 0.3) is 0 Å². The number of nitrogens with one attached hydrogen (secondary N) is 1. The Hall–Kier alpha value is -0.650. The van der Waals surface area contributed by atoms with Gasteiger partial charge in [-0.25, -0.2) is 0 Å². The predicted octanol–water partition coefficient (Wildman–Crippen LogP) is 2.10. The summed E-state index contributed by atoms with van der Waals surface area (Å²) >= 11 is 0. The molecule has 0 radical (unpaired) electrons. The second-order valence-corrected chi connectivity index (χ2v) is 7.21. The number of carbonyl (C=O) groups is 1. The van der Waals surface area contributed by atoms with E-state index < -0.39 is 0 Å². The maximum Gasteiger partial charge on any atom is 0.234 e. The Morgan fingerprint density at radius 2 is 2.00 bits per heavy atom. The summed E-state index contributed by atoms with van der Waals surface area (Å²) in [6, 6.07) is 0.462. The van der Waals surface area contributed by atoms with E-state index in [1.54, 1.807) is 0 Å². The van der Waals surface area contributed by atoms with Crippen molar-refractivity contribution in [1.82, 2.24) is 10.2 Å². The molecule has 0 bridgehead atoms. The Kier molecular flexibility index (Phi) is 6.72. The minimum absolute atomic E-state index is 0.148. The molecule has 2 atom stereocenters. The van der Waals surface area contributed by atoms with E-state index in [4.69, 9.17) is 9.47 Å². The first-order valence-corrected chi connectivity index (χ1v) is 9.57. The van der Waals surface area contributed by atoms with Crippen LogP contribution < -0.4 is 5.32 Å².